The predicted octanol–water partition coefficient (Wildman–Crippen LogP) is 4.82. The molecule has 0 amide bonds. The molecule has 8 nitrogen and oxygen atoms in total. The number of aliphatic imine (C=N–C) groups is 2. The zero-order chi connectivity index (χ0) is 22.3. The molecule has 0 spiro atoms. The number of morpholine rings is 1. The van der Waals surface area contributed by atoms with Crippen LogP contribution < -0.4 is 15.0 Å². The summed E-state index contributed by atoms with van der Waals surface area (Å²) in [6.45, 7) is 8.79. The summed E-state index contributed by atoms with van der Waals surface area (Å²) in [6, 6.07) is 4.43. The Kier molecular flexibility index (Phi) is 7.55. The van der Waals surface area contributed by atoms with E-state index < -0.39 is 0 Å². The lowest BCUT2D eigenvalue weighted by atomic mass is 9.93. The highest BCUT2D eigenvalue weighted by atomic mass is 35.5. The number of nitrogens with zero attached hydrogens (tertiary/aromatic N) is 5. The Balaban J connectivity index is 1.45. The van der Waals surface area contributed by atoms with Crippen LogP contribution in [0, 0.1) is 0 Å². The molecule has 0 bridgehead atoms. The van der Waals surface area contributed by atoms with E-state index in [1.807, 2.05) is 6.92 Å². The molecule has 1 N–H and O–H groups in total. The molecular weight excluding hydrogens is 428 g/mol. The molecule has 1 saturated carbocycles. The number of hydrogen-bond acceptors (Lipinski definition) is 8. The predicted molar refractivity (Wildman–Crippen MR) is 130 cm³/mol. The fourth-order valence-electron chi connectivity index (χ4n) is 4.14. The van der Waals surface area contributed by atoms with Crippen molar-refractivity contribution in [1.82, 2.24) is 9.97 Å². The number of rotatable bonds is 7. The molecule has 0 atom stereocenters. The minimum atomic E-state index is 0.109. The third-order valence-electron chi connectivity index (χ3n) is 5.76. The molecule has 1 aromatic carbocycles. The van der Waals surface area contributed by atoms with E-state index in [1.165, 1.54) is 0 Å². The lowest BCUT2D eigenvalue weighted by Crippen LogP contribution is -2.36. The summed E-state index contributed by atoms with van der Waals surface area (Å²) >= 11 is 5.87. The first-order valence-electron chi connectivity index (χ1n) is 11.0. The Labute approximate surface area is 193 Å². The molecule has 0 unspecified atom stereocenters. The summed E-state index contributed by atoms with van der Waals surface area (Å²) in [5.74, 6) is 1.35. The van der Waals surface area contributed by atoms with E-state index in [9.17, 15) is 0 Å². The van der Waals surface area contributed by atoms with Crippen LogP contribution in [0.5, 0.6) is 5.75 Å². The van der Waals surface area contributed by atoms with Gasteiger partial charge in [0.25, 0.3) is 0 Å². The molecule has 2 aliphatic rings. The van der Waals surface area contributed by atoms with Gasteiger partial charge in [-0.1, -0.05) is 11.6 Å². The van der Waals surface area contributed by atoms with Crippen LogP contribution in [-0.2, 0) is 4.74 Å². The van der Waals surface area contributed by atoms with Crippen molar-refractivity contribution in [3.8, 4) is 5.75 Å². The molecule has 170 valence electrons. The monoisotopic (exact) mass is 456 g/mol. The van der Waals surface area contributed by atoms with Crippen molar-refractivity contribution in [2.75, 3.05) is 36.5 Å². The molecule has 2 fully saturated rings. The second-order valence-electron chi connectivity index (χ2n) is 7.92. The van der Waals surface area contributed by atoms with Crippen LogP contribution >= 0.6 is 11.6 Å². The van der Waals surface area contributed by atoms with Gasteiger partial charge in [-0.3, -0.25) is 9.98 Å². The van der Waals surface area contributed by atoms with E-state index in [4.69, 9.17) is 21.1 Å². The van der Waals surface area contributed by atoms with Crippen molar-refractivity contribution in [1.29, 1.82) is 0 Å². The Hall–Kier alpha value is -2.71. The Morgan fingerprint density at radius 1 is 1.19 bits per heavy atom. The summed E-state index contributed by atoms with van der Waals surface area (Å²) < 4.78 is 12.0. The molecule has 2 aromatic rings. The summed E-state index contributed by atoms with van der Waals surface area (Å²) in [5.41, 5.74) is 2.54. The van der Waals surface area contributed by atoms with Gasteiger partial charge >= 0.3 is 0 Å². The minimum absolute atomic E-state index is 0.109. The lowest BCUT2D eigenvalue weighted by Gasteiger charge is -2.32. The summed E-state index contributed by atoms with van der Waals surface area (Å²) in [7, 11) is 0. The Morgan fingerprint density at radius 3 is 2.56 bits per heavy atom. The van der Waals surface area contributed by atoms with Gasteiger partial charge in [0.15, 0.2) is 0 Å². The number of benzene rings is 1. The van der Waals surface area contributed by atoms with E-state index in [1.54, 1.807) is 18.6 Å². The zero-order valence-corrected chi connectivity index (χ0v) is 19.1. The van der Waals surface area contributed by atoms with Gasteiger partial charge in [0.05, 0.1) is 42.4 Å². The first kappa shape index (κ1) is 22.5. The van der Waals surface area contributed by atoms with Crippen molar-refractivity contribution in [3.05, 3.63) is 29.5 Å². The smallest absolute Gasteiger partial charge is 0.222 e. The number of ether oxygens (including phenoxy) is 2. The fraction of sp³-hybridized carbons (Fsp3) is 0.478. The lowest BCUT2D eigenvalue weighted by molar-refractivity contribution is 0.122. The molecule has 32 heavy (non-hydrogen) atoms. The topological polar surface area (TPSA) is 84.2 Å². The van der Waals surface area contributed by atoms with E-state index >= 15 is 0 Å². The van der Waals surface area contributed by atoms with Gasteiger partial charge in [-0.2, -0.15) is 0 Å². The normalized spacial score (nSPS) is 21.5. The molecule has 9 heteroatoms. The van der Waals surface area contributed by atoms with Gasteiger partial charge in [0.1, 0.15) is 11.4 Å². The maximum atomic E-state index is 6.47. The highest BCUT2D eigenvalue weighted by molar-refractivity contribution is 6.30. The van der Waals surface area contributed by atoms with Crippen LogP contribution in [0.3, 0.4) is 0 Å². The molecule has 1 aliphatic carbocycles. The van der Waals surface area contributed by atoms with Gasteiger partial charge in [-0.05, 0) is 45.4 Å². The highest BCUT2D eigenvalue weighted by Gasteiger charge is 2.25. The average molecular weight is 457 g/mol. The number of halogens is 1. The van der Waals surface area contributed by atoms with Crippen LogP contribution in [0.2, 0.25) is 5.02 Å². The summed E-state index contributed by atoms with van der Waals surface area (Å²) in [4.78, 5) is 19.5. The van der Waals surface area contributed by atoms with E-state index in [0.29, 0.717) is 22.7 Å². The average Bonchev–Trinajstić information content (AvgIpc) is 2.82. The van der Waals surface area contributed by atoms with Gasteiger partial charge in [-0.25, -0.2) is 9.97 Å². The molecule has 0 radical (unpaired) electrons. The Morgan fingerprint density at radius 2 is 1.91 bits per heavy atom. The van der Waals surface area contributed by atoms with Crippen LogP contribution in [-0.4, -0.2) is 61.3 Å². The SMILES string of the molecule is C=Nc1c(N=CC)cc(N2CCOCC2)cc1OC1CCC(Nc2ncc(Cl)cn2)CC1. The first-order chi connectivity index (χ1) is 15.7. The van der Waals surface area contributed by atoms with Gasteiger partial charge in [0, 0.05) is 37.1 Å². The summed E-state index contributed by atoms with van der Waals surface area (Å²) in [6.07, 6.45) is 8.88. The summed E-state index contributed by atoms with van der Waals surface area (Å²) in [5, 5.41) is 3.92. The molecule has 2 heterocycles. The van der Waals surface area contributed by atoms with Crippen LogP contribution in [0.1, 0.15) is 32.6 Å². The minimum Gasteiger partial charge on any atom is -0.488 e. The van der Waals surface area contributed by atoms with Crippen molar-refractivity contribution < 1.29 is 9.47 Å². The van der Waals surface area contributed by atoms with E-state index in [0.717, 1.165) is 69.1 Å². The number of anilines is 2. The maximum absolute atomic E-state index is 6.47. The van der Waals surface area contributed by atoms with Gasteiger partial charge in [-0.15, -0.1) is 0 Å². The van der Waals surface area contributed by atoms with Crippen molar-refractivity contribution in [2.24, 2.45) is 9.98 Å². The highest BCUT2D eigenvalue weighted by Crippen LogP contribution is 2.43. The number of nitrogens with one attached hydrogen (secondary N) is 1. The third kappa shape index (κ3) is 5.55. The molecule has 1 saturated heterocycles. The number of aromatic nitrogens is 2. The molecule has 1 aliphatic heterocycles. The quantitative estimate of drug-likeness (QED) is 0.601. The van der Waals surface area contributed by atoms with Crippen LogP contribution in [0.15, 0.2) is 34.5 Å². The van der Waals surface area contributed by atoms with E-state index in [-0.39, 0.29) is 6.10 Å². The first-order valence-corrected chi connectivity index (χ1v) is 11.4. The second kappa shape index (κ2) is 10.7. The fourth-order valence-corrected chi connectivity index (χ4v) is 4.24. The number of hydrogen-bond donors (Lipinski definition) is 1. The Bertz CT molecular complexity index is 938. The maximum Gasteiger partial charge on any atom is 0.222 e. The van der Waals surface area contributed by atoms with Gasteiger partial charge < -0.3 is 19.7 Å². The van der Waals surface area contributed by atoms with Crippen LogP contribution in [0.4, 0.5) is 23.0 Å². The van der Waals surface area contributed by atoms with Gasteiger partial charge in [0.2, 0.25) is 5.95 Å². The largest absolute Gasteiger partial charge is 0.488 e. The van der Waals surface area contributed by atoms with Crippen molar-refractivity contribution in [2.45, 2.75) is 44.8 Å². The molecular formula is C23H29ClN6O2. The molecule has 4 rings (SSSR count). The standard InChI is InChI=1S/C23H29ClN6O2/c1-3-26-20-12-18(30-8-10-31-11-9-30)13-21(22(20)25-2)32-19-6-4-17(5-7-19)29-23-27-14-16(24)15-28-23/h3,12-15,17,19H,2,4-11H2,1H3,(H,27,28,29). The molecule has 1 aromatic heterocycles. The zero-order valence-electron chi connectivity index (χ0n) is 18.3. The second-order valence-corrected chi connectivity index (χ2v) is 8.35. The van der Waals surface area contributed by atoms with E-state index in [2.05, 4.69) is 49.0 Å². The van der Waals surface area contributed by atoms with Crippen molar-refractivity contribution in [3.63, 3.8) is 0 Å². The third-order valence-corrected chi connectivity index (χ3v) is 5.96. The van der Waals surface area contributed by atoms with Crippen molar-refractivity contribution >= 4 is 47.5 Å². The van der Waals surface area contributed by atoms with Crippen LogP contribution in [0.25, 0.3) is 0 Å².